The Morgan fingerprint density at radius 2 is 1.86 bits per heavy atom. The van der Waals surface area contributed by atoms with Gasteiger partial charge in [-0.2, -0.15) is 10.1 Å². The number of benzene rings is 1. The van der Waals surface area contributed by atoms with Gasteiger partial charge in [-0.05, 0) is 50.2 Å². The van der Waals surface area contributed by atoms with E-state index in [1.54, 1.807) is 18.3 Å². The van der Waals surface area contributed by atoms with Gasteiger partial charge in [0.2, 0.25) is 16.0 Å². The number of fused-ring (bicyclic) bond motifs is 1. The molecule has 0 bridgehead atoms. The molecule has 12 heteroatoms. The van der Waals surface area contributed by atoms with Crippen LogP contribution in [0.15, 0.2) is 35.4 Å². The molecule has 2 heterocycles. The summed E-state index contributed by atoms with van der Waals surface area (Å²) in [6.07, 6.45) is 6.71. The van der Waals surface area contributed by atoms with Crippen molar-refractivity contribution < 1.29 is 23.4 Å². The van der Waals surface area contributed by atoms with Crippen LogP contribution in [-0.4, -0.2) is 63.5 Å². The maximum Gasteiger partial charge on any atom is 0.304 e. The predicted octanol–water partition coefficient (Wildman–Crippen LogP) is 3.01. The topological polar surface area (TPSA) is 159 Å². The lowest BCUT2D eigenvalue weighted by Crippen LogP contribution is -2.26. The molecule has 1 aliphatic carbocycles. The lowest BCUT2D eigenvalue weighted by molar-refractivity contribution is -0.136. The molecule has 0 amide bonds. The first-order chi connectivity index (χ1) is 17.8. The van der Waals surface area contributed by atoms with Crippen molar-refractivity contribution in [1.29, 1.82) is 0 Å². The van der Waals surface area contributed by atoms with E-state index in [0.717, 1.165) is 56.0 Å². The van der Waals surface area contributed by atoms with Gasteiger partial charge in [0, 0.05) is 31.4 Å². The van der Waals surface area contributed by atoms with Gasteiger partial charge in [-0.25, -0.2) is 22.8 Å². The summed E-state index contributed by atoms with van der Waals surface area (Å²) in [5.41, 5.74) is 2.10. The summed E-state index contributed by atoms with van der Waals surface area (Å²) in [4.78, 5) is 20.0. The molecule has 3 aromatic rings. The molecule has 0 atom stereocenters. The van der Waals surface area contributed by atoms with E-state index in [1.807, 2.05) is 4.68 Å². The zero-order valence-corrected chi connectivity index (χ0v) is 21.7. The molecule has 1 aliphatic rings. The molecule has 2 aromatic heterocycles. The number of aliphatic hydroxyl groups excluding tert-OH is 1. The number of nitrogens with one attached hydrogen (secondary N) is 2. The Balaban J connectivity index is 1.62. The summed E-state index contributed by atoms with van der Waals surface area (Å²) in [7, 11) is -3.83. The number of hydrogen-bond donors (Lipinski definition) is 4. The number of aliphatic hydroxyl groups is 1. The molecule has 0 aliphatic heterocycles. The van der Waals surface area contributed by atoms with E-state index in [1.165, 1.54) is 12.1 Å². The summed E-state index contributed by atoms with van der Waals surface area (Å²) in [5.74, 6) is -0.146. The highest BCUT2D eigenvalue weighted by atomic mass is 32.2. The number of aliphatic carboxylic acids is 1. The SMILES string of the molecule is CCCCNc1ncc2c(-c3ccc(S(=O)(=O)NCCC(=O)O)cc3)nn(CC3CCC(O)CC3)c2n1. The van der Waals surface area contributed by atoms with E-state index in [4.69, 9.17) is 15.2 Å². The fourth-order valence-electron chi connectivity index (χ4n) is 4.50. The number of rotatable bonds is 12. The Morgan fingerprint density at radius 1 is 1.14 bits per heavy atom. The number of aromatic nitrogens is 4. The van der Waals surface area contributed by atoms with Crippen molar-refractivity contribution in [3.63, 3.8) is 0 Å². The monoisotopic (exact) mass is 530 g/mol. The van der Waals surface area contributed by atoms with Crippen LogP contribution in [0.4, 0.5) is 5.95 Å². The van der Waals surface area contributed by atoms with Gasteiger partial charge in [0.15, 0.2) is 5.65 Å². The number of carboxylic acid groups (broad SMARTS) is 1. The minimum absolute atomic E-state index is 0.0461. The molecule has 0 radical (unpaired) electrons. The van der Waals surface area contributed by atoms with E-state index in [2.05, 4.69) is 21.9 Å². The first-order valence-corrected chi connectivity index (χ1v) is 14.2. The van der Waals surface area contributed by atoms with E-state index in [-0.39, 0.29) is 24.0 Å². The summed E-state index contributed by atoms with van der Waals surface area (Å²) < 4.78 is 29.2. The van der Waals surface area contributed by atoms with Gasteiger partial charge in [0.05, 0.1) is 22.8 Å². The number of carboxylic acids is 1. The summed E-state index contributed by atoms with van der Waals surface area (Å²) in [6, 6.07) is 6.32. The summed E-state index contributed by atoms with van der Waals surface area (Å²) >= 11 is 0. The van der Waals surface area contributed by atoms with Crippen molar-refractivity contribution in [2.24, 2.45) is 5.92 Å². The van der Waals surface area contributed by atoms with Crippen LogP contribution in [0.3, 0.4) is 0 Å². The standard InChI is InChI=1S/C25H34N6O5S/c1-2-3-13-26-25-27-15-21-23(30-31(24(21)29-25)16-17-4-8-19(32)9-5-17)18-6-10-20(11-7-18)37(35,36)28-14-12-22(33)34/h6-7,10-11,15,17,19,28,32H,2-5,8-9,12-14,16H2,1H3,(H,33,34)(H,26,27,29). The van der Waals surface area contributed by atoms with Crippen molar-refractivity contribution in [1.82, 2.24) is 24.5 Å². The lowest BCUT2D eigenvalue weighted by atomic mass is 9.87. The van der Waals surface area contributed by atoms with Crippen LogP contribution < -0.4 is 10.0 Å². The molecular formula is C25H34N6O5S. The van der Waals surface area contributed by atoms with E-state index >= 15 is 0 Å². The average molecular weight is 531 g/mol. The fourth-order valence-corrected chi connectivity index (χ4v) is 5.53. The van der Waals surface area contributed by atoms with Gasteiger partial charge in [-0.3, -0.25) is 4.79 Å². The molecule has 1 fully saturated rings. The molecule has 0 unspecified atom stereocenters. The predicted molar refractivity (Wildman–Crippen MR) is 140 cm³/mol. The second kappa shape index (κ2) is 12.0. The van der Waals surface area contributed by atoms with E-state index in [0.29, 0.717) is 29.8 Å². The Labute approximate surface area is 216 Å². The van der Waals surface area contributed by atoms with E-state index in [9.17, 15) is 18.3 Å². The number of unbranched alkanes of at least 4 members (excludes halogenated alkanes) is 1. The maximum absolute atomic E-state index is 12.5. The van der Waals surface area contributed by atoms with Crippen LogP contribution in [0.5, 0.6) is 0 Å². The smallest absolute Gasteiger partial charge is 0.304 e. The highest BCUT2D eigenvalue weighted by molar-refractivity contribution is 7.89. The van der Waals surface area contributed by atoms with Crippen LogP contribution in [0.25, 0.3) is 22.3 Å². The molecule has 200 valence electrons. The summed E-state index contributed by atoms with van der Waals surface area (Å²) in [5, 5.41) is 27.5. The Bertz CT molecular complexity index is 1320. The first-order valence-electron chi connectivity index (χ1n) is 12.7. The average Bonchev–Trinajstić information content (AvgIpc) is 3.23. The Kier molecular flexibility index (Phi) is 8.72. The van der Waals surface area contributed by atoms with Crippen molar-refractivity contribution >= 4 is 33.0 Å². The largest absolute Gasteiger partial charge is 0.481 e. The van der Waals surface area contributed by atoms with Gasteiger partial charge in [-0.1, -0.05) is 25.5 Å². The third kappa shape index (κ3) is 6.82. The number of carbonyl (C=O) groups is 1. The van der Waals surface area contributed by atoms with Gasteiger partial charge < -0.3 is 15.5 Å². The normalized spacial score (nSPS) is 18.2. The number of nitrogens with zero attached hydrogens (tertiary/aromatic N) is 4. The molecular weight excluding hydrogens is 496 g/mol. The van der Waals surface area contributed by atoms with Crippen LogP contribution in [0.1, 0.15) is 51.9 Å². The van der Waals surface area contributed by atoms with Crippen molar-refractivity contribution in [2.45, 2.75) is 69.4 Å². The van der Waals surface area contributed by atoms with Crippen LogP contribution >= 0.6 is 0 Å². The molecule has 11 nitrogen and oxygen atoms in total. The minimum Gasteiger partial charge on any atom is -0.481 e. The number of anilines is 1. The van der Waals surface area contributed by atoms with Crippen molar-refractivity contribution in [3.05, 3.63) is 30.5 Å². The Morgan fingerprint density at radius 3 is 2.54 bits per heavy atom. The fraction of sp³-hybridized carbons (Fsp3) is 0.520. The van der Waals surface area contributed by atoms with Crippen LogP contribution in [0, 0.1) is 5.92 Å². The molecule has 0 saturated heterocycles. The molecule has 4 N–H and O–H groups in total. The third-order valence-corrected chi connectivity index (χ3v) is 8.10. The Hall–Kier alpha value is -3.09. The summed E-state index contributed by atoms with van der Waals surface area (Å²) in [6.45, 7) is 3.39. The number of hydrogen-bond acceptors (Lipinski definition) is 8. The lowest BCUT2D eigenvalue weighted by Gasteiger charge is -2.25. The van der Waals surface area contributed by atoms with Crippen LogP contribution in [-0.2, 0) is 21.4 Å². The third-order valence-electron chi connectivity index (χ3n) is 6.62. The second-order valence-corrected chi connectivity index (χ2v) is 11.2. The molecule has 37 heavy (non-hydrogen) atoms. The number of sulfonamides is 1. The highest BCUT2D eigenvalue weighted by Gasteiger charge is 2.23. The van der Waals surface area contributed by atoms with Gasteiger partial charge in [0.25, 0.3) is 0 Å². The second-order valence-electron chi connectivity index (χ2n) is 9.48. The molecule has 0 spiro atoms. The zero-order chi connectivity index (χ0) is 26.4. The highest BCUT2D eigenvalue weighted by Crippen LogP contribution is 2.31. The first kappa shape index (κ1) is 27.0. The molecule has 1 saturated carbocycles. The zero-order valence-electron chi connectivity index (χ0n) is 20.9. The minimum atomic E-state index is -3.83. The van der Waals surface area contributed by atoms with E-state index < -0.39 is 16.0 Å². The quantitative estimate of drug-likeness (QED) is 0.258. The van der Waals surface area contributed by atoms with Gasteiger partial charge in [-0.15, -0.1) is 0 Å². The van der Waals surface area contributed by atoms with Crippen molar-refractivity contribution in [2.75, 3.05) is 18.4 Å². The van der Waals surface area contributed by atoms with Gasteiger partial charge in [0.1, 0.15) is 5.69 Å². The van der Waals surface area contributed by atoms with Crippen molar-refractivity contribution in [3.8, 4) is 11.3 Å². The van der Waals surface area contributed by atoms with Gasteiger partial charge >= 0.3 is 5.97 Å². The molecule has 4 rings (SSSR count). The van der Waals surface area contributed by atoms with Crippen LogP contribution in [0.2, 0.25) is 0 Å². The maximum atomic E-state index is 12.5. The molecule has 1 aromatic carbocycles.